The Morgan fingerprint density at radius 3 is 2.90 bits per heavy atom. The lowest BCUT2D eigenvalue weighted by atomic mass is 10.0. The van der Waals surface area contributed by atoms with Gasteiger partial charge in [-0.25, -0.2) is 4.39 Å². The van der Waals surface area contributed by atoms with Crippen LogP contribution in [0.2, 0.25) is 0 Å². The van der Waals surface area contributed by atoms with Crippen molar-refractivity contribution in [3.8, 4) is 0 Å². The number of nitrogen functional groups attached to an aromatic ring is 1. The first-order valence-electron chi connectivity index (χ1n) is 7.58. The summed E-state index contributed by atoms with van der Waals surface area (Å²) in [6.07, 6.45) is 2.31. The van der Waals surface area contributed by atoms with E-state index in [1.165, 1.54) is 12.5 Å². The normalized spacial score (nSPS) is 26.0. The van der Waals surface area contributed by atoms with Crippen molar-refractivity contribution in [3.63, 3.8) is 0 Å². The van der Waals surface area contributed by atoms with Crippen molar-refractivity contribution in [1.29, 1.82) is 0 Å². The molecule has 0 aliphatic carbocycles. The highest BCUT2D eigenvalue weighted by Crippen LogP contribution is 2.27. The Hall–Kier alpha value is -1.62. The van der Waals surface area contributed by atoms with Gasteiger partial charge in [0.05, 0.1) is 5.56 Å². The number of amides is 1. The number of aryl methyl sites for hydroxylation is 1. The molecule has 21 heavy (non-hydrogen) atoms. The van der Waals surface area contributed by atoms with Crippen molar-refractivity contribution in [2.45, 2.75) is 38.8 Å². The lowest BCUT2D eigenvalue weighted by Crippen LogP contribution is -2.56. The Balaban J connectivity index is 1.88. The van der Waals surface area contributed by atoms with Crippen LogP contribution in [0.3, 0.4) is 0 Å². The SMILES string of the molecule is Cc1cc(N)cc(C(=O)N2CC3CCCN3CC2C)c1F. The predicted molar refractivity (Wildman–Crippen MR) is 80.6 cm³/mol. The summed E-state index contributed by atoms with van der Waals surface area (Å²) in [7, 11) is 0. The first-order valence-corrected chi connectivity index (χ1v) is 7.58. The van der Waals surface area contributed by atoms with Gasteiger partial charge in [-0.1, -0.05) is 0 Å². The largest absolute Gasteiger partial charge is 0.399 e. The second-order valence-electron chi connectivity index (χ2n) is 6.30. The van der Waals surface area contributed by atoms with E-state index >= 15 is 0 Å². The van der Waals surface area contributed by atoms with Gasteiger partial charge in [-0.3, -0.25) is 9.69 Å². The molecule has 2 aliphatic heterocycles. The molecule has 2 heterocycles. The fourth-order valence-electron chi connectivity index (χ4n) is 3.58. The molecule has 0 spiro atoms. The van der Waals surface area contributed by atoms with Crippen molar-refractivity contribution in [1.82, 2.24) is 9.80 Å². The van der Waals surface area contributed by atoms with Gasteiger partial charge in [-0.05, 0) is 50.9 Å². The highest BCUT2D eigenvalue weighted by molar-refractivity contribution is 5.96. The van der Waals surface area contributed by atoms with Crippen LogP contribution in [-0.4, -0.2) is 47.4 Å². The second-order valence-corrected chi connectivity index (χ2v) is 6.30. The van der Waals surface area contributed by atoms with E-state index in [0.29, 0.717) is 23.8 Å². The van der Waals surface area contributed by atoms with Crippen molar-refractivity contribution >= 4 is 11.6 Å². The van der Waals surface area contributed by atoms with Gasteiger partial charge in [0.25, 0.3) is 5.91 Å². The van der Waals surface area contributed by atoms with Crippen LogP contribution in [-0.2, 0) is 0 Å². The van der Waals surface area contributed by atoms with Gasteiger partial charge in [0.1, 0.15) is 5.82 Å². The molecule has 2 atom stereocenters. The number of nitrogens with two attached hydrogens (primary N) is 1. The molecule has 0 radical (unpaired) electrons. The highest BCUT2D eigenvalue weighted by Gasteiger charge is 2.37. The molecule has 2 aliphatic rings. The number of carbonyl (C=O) groups is 1. The van der Waals surface area contributed by atoms with E-state index in [1.807, 2.05) is 11.8 Å². The van der Waals surface area contributed by atoms with Crippen LogP contribution < -0.4 is 5.73 Å². The van der Waals surface area contributed by atoms with E-state index in [2.05, 4.69) is 4.90 Å². The van der Waals surface area contributed by atoms with E-state index in [-0.39, 0.29) is 17.5 Å². The lowest BCUT2D eigenvalue weighted by Gasteiger charge is -2.42. The van der Waals surface area contributed by atoms with Gasteiger partial charge in [0, 0.05) is 30.9 Å². The van der Waals surface area contributed by atoms with Gasteiger partial charge in [-0.15, -0.1) is 0 Å². The van der Waals surface area contributed by atoms with E-state index in [4.69, 9.17) is 5.73 Å². The zero-order valence-electron chi connectivity index (χ0n) is 12.6. The smallest absolute Gasteiger partial charge is 0.257 e. The maximum Gasteiger partial charge on any atom is 0.257 e. The first kappa shape index (κ1) is 14.3. The summed E-state index contributed by atoms with van der Waals surface area (Å²) in [6, 6.07) is 3.55. The van der Waals surface area contributed by atoms with E-state index in [9.17, 15) is 9.18 Å². The second kappa shape index (κ2) is 5.30. The van der Waals surface area contributed by atoms with Crippen LogP contribution in [0.1, 0.15) is 35.7 Å². The first-order chi connectivity index (χ1) is 9.97. The zero-order chi connectivity index (χ0) is 15.1. The monoisotopic (exact) mass is 291 g/mol. The number of hydrogen-bond donors (Lipinski definition) is 1. The van der Waals surface area contributed by atoms with E-state index < -0.39 is 5.82 Å². The summed E-state index contributed by atoms with van der Waals surface area (Å²) in [5.74, 6) is -0.683. The van der Waals surface area contributed by atoms with Gasteiger partial charge < -0.3 is 10.6 Å². The summed E-state index contributed by atoms with van der Waals surface area (Å²) in [5.41, 5.74) is 6.73. The Morgan fingerprint density at radius 1 is 1.38 bits per heavy atom. The van der Waals surface area contributed by atoms with Crippen LogP contribution in [0, 0.1) is 12.7 Å². The number of carbonyl (C=O) groups excluding carboxylic acids is 1. The van der Waals surface area contributed by atoms with Crippen LogP contribution in [0.5, 0.6) is 0 Å². The van der Waals surface area contributed by atoms with Crippen LogP contribution in [0.4, 0.5) is 10.1 Å². The van der Waals surface area contributed by atoms with Crippen LogP contribution >= 0.6 is 0 Å². The summed E-state index contributed by atoms with van der Waals surface area (Å²) >= 11 is 0. The molecule has 2 unspecified atom stereocenters. The Bertz CT molecular complexity index is 575. The average Bonchev–Trinajstić information content (AvgIpc) is 2.88. The molecule has 0 aromatic heterocycles. The van der Waals surface area contributed by atoms with Crippen LogP contribution in [0.25, 0.3) is 0 Å². The average molecular weight is 291 g/mol. The Labute approximate surface area is 124 Å². The number of hydrogen-bond acceptors (Lipinski definition) is 3. The molecule has 0 bridgehead atoms. The summed E-state index contributed by atoms with van der Waals surface area (Å²) < 4.78 is 14.3. The van der Waals surface area contributed by atoms with Crippen molar-refractivity contribution in [2.24, 2.45) is 0 Å². The minimum absolute atomic E-state index is 0.103. The topological polar surface area (TPSA) is 49.6 Å². The number of fused-ring (bicyclic) bond motifs is 1. The van der Waals surface area contributed by atoms with Gasteiger partial charge >= 0.3 is 0 Å². The van der Waals surface area contributed by atoms with E-state index in [1.54, 1.807) is 13.0 Å². The molecule has 114 valence electrons. The molecule has 1 aromatic carbocycles. The summed E-state index contributed by atoms with van der Waals surface area (Å²) in [5, 5.41) is 0. The Kier molecular flexibility index (Phi) is 3.61. The van der Waals surface area contributed by atoms with Crippen molar-refractivity contribution in [2.75, 3.05) is 25.4 Å². The molecule has 2 fully saturated rings. The fraction of sp³-hybridized carbons (Fsp3) is 0.562. The number of anilines is 1. The number of piperazine rings is 1. The van der Waals surface area contributed by atoms with Crippen molar-refractivity contribution in [3.05, 3.63) is 29.1 Å². The molecule has 5 heteroatoms. The lowest BCUT2D eigenvalue weighted by molar-refractivity contribution is 0.0391. The highest BCUT2D eigenvalue weighted by atomic mass is 19.1. The minimum atomic E-state index is -0.449. The molecule has 1 aromatic rings. The molecular weight excluding hydrogens is 269 g/mol. The molecule has 1 amide bonds. The van der Waals surface area contributed by atoms with Crippen molar-refractivity contribution < 1.29 is 9.18 Å². The molecular formula is C16H22FN3O. The predicted octanol–water partition coefficient (Wildman–Crippen LogP) is 2.03. The molecule has 3 rings (SSSR count). The van der Waals surface area contributed by atoms with E-state index in [0.717, 1.165) is 19.5 Å². The third-order valence-electron chi connectivity index (χ3n) is 4.71. The standard InChI is InChI=1S/C16H22FN3O/c1-10-6-12(18)7-14(15(10)17)16(21)20-9-13-4-3-5-19(13)8-11(20)2/h6-7,11,13H,3-5,8-9,18H2,1-2H3. The number of benzene rings is 1. The molecule has 4 nitrogen and oxygen atoms in total. The van der Waals surface area contributed by atoms with Gasteiger partial charge in [0.15, 0.2) is 0 Å². The Morgan fingerprint density at radius 2 is 2.14 bits per heavy atom. The number of rotatable bonds is 1. The number of halogens is 1. The van der Waals surface area contributed by atoms with Gasteiger partial charge in [-0.2, -0.15) is 0 Å². The minimum Gasteiger partial charge on any atom is -0.399 e. The quantitative estimate of drug-likeness (QED) is 0.805. The van der Waals surface area contributed by atoms with Crippen LogP contribution in [0.15, 0.2) is 12.1 Å². The third-order valence-corrected chi connectivity index (χ3v) is 4.71. The van der Waals surface area contributed by atoms with Gasteiger partial charge in [0.2, 0.25) is 0 Å². The number of nitrogens with zero attached hydrogens (tertiary/aromatic N) is 2. The zero-order valence-corrected chi connectivity index (χ0v) is 12.6. The molecule has 2 saturated heterocycles. The summed E-state index contributed by atoms with van der Waals surface area (Å²) in [4.78, 5) is 17.0. The summed E-state index contributed by atoms with van der Waals surface area (Å²) in [6.45, 7) is 6.35. The third kappa shape index (κ3) is 2.50. The maximum atomic E-state index is 14.3. The maximum absolute atomic E-state index is 14.3. The molecule has 0 saturated carbocycles. The molecule has 2 N–H and O–H groups in total. The fourth-order valence-corrected chi connectivity index (χ4v) is 3.58.